The summed E-state index contributed by atoms with van der Waals surface area (Å²) in [5.74, 6) is 6.01. The molecule has 1 aliphatic heterocycles. The monoisotopic (exact) mass is 714 g/mol. The Hall–Kier alpha value is -4.31. The molecule has 0 saturated carbocycles. The van der Waals surface area contributed by atoms with Gasteiger partial charge in [0.25, 0.3) is 0 Å². The zero-order valence-electron chi connectivity index (χ0n) is 32.1. The Kier molecular flexibility index (Phi) is 10.9. The molecule has 0 fully saturated rings. The first-order valence-corrected chi connectivity index (χ1v) is 21.5. The molecule has 278 valence electrons. The van der Waals surface area contributed by atoms with Crippen LogP contribution in [0, 0.1) is 29.6 Å². The van der Waals surface area contributed by atoms with Gasteiger partial charge < -0.3 is 5.32 Å². The predicted octanol–water partition coefficient (Wildman–Crippen LogP) is 12.1. The maximum Gasteiger partial charge on any atom is 0.163 e. The topological polar surface area (TPSA) is 50.7 Å². The van der Waals surface area contributed by atoms with Crippen molar-refractivity contribution in [3.63, 3.8) is 0 Å². The molecule has 2 heterocycles. The summed E-state index contributed by atoms with van der Waals surface area (Å²) in [5.41, 5.74) is 8.28. The maximum absolute atomic E-state index is 5.29. The molecule has 4 nitrogen and oxygen atoms in total. The van der Waals surface area contributed by atoms with Gasteiger partial charge in [0.05, 0.1) is 6.04 Å². The highest BCUT2D eigenvalue weighted by molar-refractivity contribution is 5.72. The molecule has 7 atom stereocenters. The summed E-state index contributed by atoms with van der Waals surface area (Å²) in [5, 5.41) is 4.10. The Morgan fingerprint density at radius 2 is 1.41 bits per heavy atom. The number of hydrogen-bond acceptors (Lipinski definition) is 4. The second-order valence-electron chi connectivity index (χ2n) is 16.9. The lowest BCUT2D eigenvalue weighted by atomic mass is 9.75. The van der Waals surface area contributed by atoms with E-state index < -0.39 is 0 Å². The molecule has 8 aliphatic rings. The molecule has 54 heavy (non-hydrogen) atoms. The number of rotatable bonds is 8. The largest absolute Gasteiger partial charge is 0.378 e. The van der Waals surface area contributed by atoms with Gasteiger partial charge in [0.2, 0.25) is 0 Å². The number of hydrogen-bond donors (Lipinski definition) is 1. The molecule has 1 aromatic heterocycles. The highest BCUT2D eigenvalue weighted by Crippen LogP contribution is 2.40. The second-order valence-corrected chi connectivity index (χ2v) is 16.9. The molecule has 7 unspecified atom stereocenters. The molecule has 0 aromatic carbocycles. The molecular formula is C50H58N4. The van der Waals surface area contributed by atoms with Gasteiger partial charge in [-0.25, -0.2) is 15.0 Å². The first-order valence-electron chi connectivity index (χ1n) is 21.5. The van der Waals surface area contributed by atoms with Crippen LogP contribution in [0.15, 0.2) is 132 Å². The Bertz CT molecular complexity index is 1950. The van der Waals surface area contributed by atoms with Crippen LogP contribution in [-0.4, -0.2) is 21.0 Å². The minimum absolute atomic E-state index is 0.323. The van der Waals surface area contributed by atoms with E-state index in [0.29, 0.717) is 41.5 Å². The SMILES string of the molecule is C1=CCC(C2=CCC(c3nc(C4=CCC(C5C=CCCC5)C=C4)nc(C4=CC=C(C5=CC=C(C6CC=CCC6)C(C6C=CCCC6)N5)CC4)n3)CC2)C=C1. The third-order valence-electron chi connectivity index (χ3n) is 13.5. The van der Waals surface area contributed by atoms with Crippen molar-refractivity contribution in [3.8, 4) is 0 Å². The van der Waals surface area contributed by atoms with Crippen LogP contribution in [0.5, 0.6) is 0 Å². The van der Waals surface area contributed by atoms with E-state index in [9.17, 15) is 0 Å². The van der Waals surface area contributed by atoms with Crippen LogP contribution in [0.25, 0.3) is 11.1 Å². The third kappa shape index (κ3) is 7.90. The van der Waals surface area contributed by atoms with Gasteiger partial charge in [-0.15, -0.1) is 0 Å². The normalized spacial score (nSPS) is 32.2. The second kappa shape index (κ2) is 16.6. The van der Waals surface area contributed by atoms with Crippen molar-refractivity contribution in [1.82, 2.24) is 20.3 Å². The van der Waals surface area contributed by atoms with Gasteiger partial charge in [-0.1, -0.05) is 109 Å². The molecule has 0 bridgehead atoms. The van der Waals surface area contributed by atoms with Crippen molar-refractivity contribution in [2.45, 2.75) is 115 Å². The quantitative estimate of drug-likeness (QED) is 0.272. The predicted molar refractivity (Wildman–Crippen MR) is 224 cm³/mol. The summed E-state index contributed by atoms with van der Waals surface area (Å²) in [6, 6.07) is 0.388. The molecule has 1 N–H and O–H groups in total. The van der Waals surface area contributed by atoms with E-state index in [-0.39, 0.29) is 0 Å². The van der Waals surface area contributed by atoms with Gasteiger partial charge >= 0.3 is 0 Å². The van der Waals surface area contributed by atoms with E-state index >= 15 is 0 Å². The van der Waals surface area contributed by atoms with Gasteiger partial charge in [0.1, 0.15) is 5.82 Å². The number of dihydropyridines is 1. The fourth-order valence-electron chi connectivity index (χ4n) is 10.2. The van der Waals surface area contributed by atoms with Crippen molar-refractivity contribution in [3.05, 3.63) is 149 Å². The van der Waals surface area contributed by atoms with Gasteiger partial charge in [-0.3, -0.25) is 0 Å². The summed E-state index contributed by atoms with van der Waals surface area (Å²) >= 11 is 0. The lowest BCUT2D eigenvalue weighted by molar-refractivity contribution is 0.389. The Morgan fingerprint density at radius 3 is 2.11 bits per heavy atom. The van der Waals surface area contributed by atoms with E-state index in [2.05, 4.69) is 115 Å². The standard InChI is InChI=1S/C50H58N4/c1-5-13-35(14-6-1)37-21-27-42(28-22-37)48-52-49(43-29-23-38(24-30-43)36-15-7-2-8-16-36)54-50(53-48)44-31-25-40(26-32-44)46-34-33-45(39-17-9-3-10-18-39)47(51-46)41-19-11-4-12-20-41/h1,3,5-7,9,11,13,15,19,21,23,25,29-31,33-36,38-39,41-42,47,51H,2,4,8,10,12,14,16-18,20,22,24,26-28,32H2. The van der Waals surface area contributed by atoms with E-state index in [1.165, 1.54) is 74.6 Å². The highest BCUT2D eigenvalue weighted by atomic mass is 15.0. The molecule has 1 aromatic rings. The molecular weight excluding hydrogens is 657 g/mol. The van der Waals surface area contributed by atoms with E-state index in [1.807, 2.05) is 0 Å². The summed E-state index contributed by atoms with van der Waals surface area (Å²) in [7, 11) is 0. The fourth-order valence-corrected chi connectivity index (χ4v) is 10.2. The van der Waals surface area contributed by atoms with Gasteiger partial charge in [0, 0.05) is 29.0 Å². The van der Waals surface area contributed by atoms with Crippen molar-refractivity contribution in [2.75, 3.05) is 0 Å². The number of nitrogens with zero attached hydrogens (tertiary/aromatic N) is 3. The molecule has 0 spiro atoms. The summed E-state index contributed by atoms with van der Waals surface area (Å²) in [4.78, 5) is 15.8. The summed E-state index contributed by atoms with van der Waals surface area (Å²) in [6.07, 6.45) is 61.3. The Balaban J connectivity index is 0.988. The smallest absolute Gasteiger partial charge is 0.163 e. The molecule has 7 aliphatic carbocycles. The lowest BCUT2D eigenvalue weighted by Crippen LogP contribution is -2.41. The van der Waals surface area contributed by atoms with Crippen molar-refractivity contribution >= 4 is 11.1 Å². The van der Waals surface area contributed by atoms with Crippen molar-refractivity contribution in [1.29, 1.82) is 0 Å². The first-order chi connectivity index (χ1) is 26.7. The number of aromatic nitrogens is 3. The zero-order chi connectivity index (χ0) is 36.1. The molecule has 4 heteroatoms. The van der Waals surface area contributed by atoms with Gasteiger partial charge in [-0.2, -0.15) is 0 Å². The van der Waals surface area contributed by atoms with Crippen molar-refractivity contribution < 1.29 is 0 Å². The van der Waals surface area contributed by atoms with Crippen LogP contribution >= 0.6 is 0 Å². The van der Waals surface area contributed by atoms with Crippen LogP contribution in [0.4, 0.5) is 0 Å². The molecule has 0 radical (unpaired) electrons. The molecule has 9 rings (SSSR count). The minimum atomic E-state index is 0.323. The Morgan fingerprint density at radius 1 is 0.556 bits per heavy atom. The highest BCUT2D eigenvalue weighted by Gasteiger charge is 2.32. The van der Waals surface area contributed by atoms with Crippen LogP contribution < -0.4 is 5.32 Å². The van der Waals surface area contributed by atoms with E-state index in [0.717, 1.165) is 68.0 Å². The molecule has 0 amide bonds. The summed E-state index contributed by atoms with van der Waals surface area (Å²) < 4.78 is 0. The third-order valence-corrected chi connectivity index (χ3v) is 13.5. The average Bonchev–Trinajstić information content (AvgIpc) is 3.27. The first kappa shape index (κ1) is 35.4. The van der Waals surface area contributed by atoms with E-state index in [4.69, 9.17) is 15.0 Å². The van der Waals surface area contributed by atoms with Crippen LogP contribution in [0.1, 0.15) is 126 Å². The maximum atomic E-state index is 5.29. The lowest BCUT2D eigenvalue weighted by Gasteiger charge is -2.38. The average molecular weight is 715 g/mol. The summed E-state index contributed by atoms with van der Waals surface area (Å²) in [6.45, 7) is 0. The number of allylic oxidation sites excluding steroid dienone is 21. The molecule has 0 saturated heterocycles. The van der Waals surface area contributed by atoms with E-state index in [1.54, 1.807) is 11.1 Å². The van der Waals surface area contributed by atoms with Crippen LogP contribution in [0.3, 0.4) is 0 Å². The van der Waals surface area contributed by atoms with Crippen LogP contribution in [-0.2, 0) is 0 Å². The fraction of sp³-hybridized carbons (Fsp3) is 0.460. The zero-order valence-corrected chi connectivity index (χ0v) is 32.1. The minimum Gasteiger partial charge on any atom is -0.378 e. The Labute approximate surface area is 323 Å². The number of nitrogens with one attached hydrogen (secondary N) is 1. The van der Waals surface area contributed by atoms with Gasteiger partial charge in [-0.05, 0) is 143 Å². The van der Waals surface area contributed by atoms with Crippen molar-refractivity contribution in [2.24, 2.45) is 29.6 Å². The van der Waals surface area contributed by atoms with Crippen LogP contribution in [0.2, 0.25) is 0 Å². The van der Waals surface area contributed by atoms with Gasteiger partial charge in [0.15, 0.2) is 11.6 Å².